The number of nitrogens with one attached hydrogen (secondary N) is 1. The first kappa shape index (κ1) is 16.9. The molecule has 0 aliphatic heterocycles. The summed E-state index contributed by atoms with van der Waals surface area (Å²) in [6.07, 6.45) is 3.39. The van der Waals surface area contributed by atoms with Gasteiger partial charge in [-0.25, -0.2) is 0 Å². The van der Waals surface area contributed by atoms with E-state index in [4.69, 9.17) is 14.2 Å². The van der Waals surface area contributed by atoms with Crippen molar-refractivity contribution >= 4 is 0 Å². The molecule has 6 nitrogen and oxygen atoms in total. The van der Waals surface area contributed by atoms with Crippen LogP contribution in [0.5, 0.6) is 5.75 Å². The molecular formula is C14H27N3O3. The number of aryl methyl sites for hydroxylation is 1. The average molecular weight is 285 g/mol. The standard InChI is InChI=1S/C14H27N3O3/c1-6-8-15-12(14(19-4)20-5)13-11(18-3)10-16-17(13)9-7-2/h10,12,14-15H,6-9H2,1-5H3. The predicted octanol–water partition coefficient (Wildman–Crippen LogP) is 1.96. The topological polar surface area (TPSA) is 57.5 Å². The lowest BCUT2D eigenvalue weighted by Crippen LogP contribution is -2.36. The third-order valence-corrected chi connectivity index (χ3v) is 3.15. The Hall–Kier alpha value is -1.11. The maximum absolute atomic E-state index is 5.44. The Morgan fingerprint density at radius 3 is 2.40 bits per heavy atom. The van der Waals surface area contributed by atoms with Crippen molar-refractivity contribution in [2.45, 2.75) is 45.6 Å². The molecular weight excluding hydrogens is 258 g/mol. The molecule has 0 fully saturated rings. The highest BCUT2D eigenvalue weighted by molar-refractivity contribution is 5.29. The van der Waals surface area contributed by atoms with Crippen LogP contribution >= 0.6 is 0 Å². The molecule has 0 spiro atoms. The molecule has 1 heterocycles. The van der Waals surface area contributed by atoms with Crippen LogP contribution in [0, 0.1) is 0 Å². The third-order valence-electron chi connectivity index (χ3n) is 3.15. The van der Waals surface area contributed by atoms with E-state index in [1.54, 1.807) is 27.5 Å². The van der Waals surface area contributed by atoms with Crippen molar-refractivity contribution in [3.05, 3.63) is 11.9 Å². The molecule has 116 valence electrons. The predicted molar refractivity (Wildman–Crippen MR) is 77.9 cm³/mol. The summed E-state index contributed by atoms with van der Waals surface area (Å²) >= 11 is 0. The normalized spacial score (nSPS) is 12.9. The molecule has 1 atom stereocenters. The number of rotatable bonds is 10. The fraction of sp³-hybridized carbons (Fsp3) is 0.786. The van der Waals surface area contributed by atoms with Crippen LogP contribution in [0.1, 0.15) is 38.4 Å². The van der Waals surface area contributed by atoms with Crippen molar-refractivity contribution in [2.24, 2.45) is 0 Å². The van der Waals surface area contributed by atoms with Crippen molar-refractivity contribution in [3.8, 4) is 5.75 Å². The smallest absolute Gasteiger partial charge is 0.177 e. The summed E-state index contributed by atoms with van der Waals surface area (Å²) in [6.45, 7) is 5.95. The van der Waals surface area contributed by atoms with E-state index in [0.29, 0.717) is 0 Å². The lowest BCUT2D eigenvalue weighted by atomic mass is 10.1. The van der Waals surface area contributed by atoms with Crippen molar-refractivity contribution in [1.82, 2.24) is 15.1 Å². The van der Waals surface area contributed by atoms with Crippen LogP contribution in [0.3, 0.4) is 0 Å². The molecule has 0 radical (unpaired) electrons. The van der Waals surface area contributed by atoms with Gasteiger partial charge in [-0.15, -0.1) is 0 Å². The van der Waals surface area contributed by atoms with Gasteiger partial charge in [0, 0.05) is 20.8 Å². The van der Waals surface area contributed by atoms with Gasteiger partial charge < -0.3 is 19.5 Å². The van der Waals surface area contributed by atoms with E-state index in [9.17, 15) is 0 Å². The second kappa shape index (κ2) is 8.94. The number of methoxy groups -OCH3 is 3. The van der Waals surface area contributed by atoms with Crippen LogP contribution in [0.4, 0.5) is 0 Å². The molecule has 0 bridgehead atoms. The van der Waals surface area contributed by atoms with E-state index in [1.807, 2.05) is 4.68 Å². The van der Waals surface area contributed by atoms with Gasteiger partial charge in [0.15, 0.2) is 12.0 Å². The van der Waals surface area contributed by atoms with Crippen LogP contribution in [-0.2, 0) is 16.0 Å². The Morgan fingerprint density at radius 1 is 1.20 bits per heavy atom. The second-order valence-electron chi connectivity index (χ2n) is 4.59. The maximum atomic E-state index is 5.44. The van der Waals surface area contributed by atoms with Crippen molar-refractivity contribution in [1.29, 1.82) is 0 Å². The minimum atomic E-state index is -0.386. The van der Waals surface area contributed by atoms with Gasteiger partial charge in [-0.05, 0) is 19.4 Å². The number of hydrogen-bond acceptors (Lipinski definition) is 5. The average Bonchev–Trinajstić information content (AvgIpc) is 2.86. The quantitative estimate of drug-likeness (QED) is 0.666. The summed E-state index contributed by atoms with van der Waals surface area (Å²) in [6, 6.07) is -0.117. The molecule has 0 saturated carbocycles. The molecule has 1 rings (SSSR count). The van der Waals surface area contributed by atoms with Crippen LogP contribution in [0.15, 0.2) is 6.20 Å². The fourth-order valence-electron chi connectivity index (χ4n) is 2.23. The van der Waals surface area contributed by atoms with E-state index in [1.165, 1.54) is 0 Å². The van der Waals surface area contributed by atoms with E-state index in [0.717, 1.165) is 37.4 Å². The zero-order valence-corrected chi connectivity index (χ0v) is 13.2. The van der Waals surface area contributed by atoms with Gasteiger partial charge >= 0.3 is 0 Å². The number of aromatic nitrogens is 2. The second-order valence-corrected chi connectivity index (χ2v) is 4.59. The molecule has 1 aromatic rings. The van der Waals surface area contributed by atoms with Gasteiger partial charge in [0.2, 0.25) is 0 Å². The Labute approximate surface area is 121 Å². The lowest BCUT2D eigenvalue weighted by Gasteiger charge is -2.27. The highest BCUT2D eigenvalue weighted by Gasteiger charge is 2.29. The number of hydrogen-bond donors (Lipinski definition) is 1. The molecule has 1 N–H and O–H groups in total. The van der Waals surface area contributed by atoms with E-state index >= 15 is 0 Å². The van der Waals surface area contributed by atoms with Gasteiger partial charge in [0.25, 0.3) is 0 Å². The first-order valence-corrected chi connectivity index (χ1v) is 7.12. The van der Waals surface area contributed by atoms with Gasteiger partial charge in [-0.2, -0.15) is 5.10 Å². The molecule has 1 unspecified atom stereocenters. The van der Waals surface area contributed by atoms with E-state index < -0.39 is 0 Å². The fourth-order valence-corrected chi connectivity index (χ4v) is 2.23. The molecule has 0 aromatic carbocycles. The molecule has 6 heteroatoms. The van der Waals surface area contributed by atoms with Crippen LogP contribution in [0.25, 0.3) is 0 Å². The summed E-state index contributed by atoms with van der Waals surface area (Å²) in [5, 5.41) is 7.85. The Morgan fingerprint density at radius 2 is 1.90 bits per heavy atom. The molecule has 1 aromatic heterocycles. The third kappa shape index (κ3) is 3.94. The lowest BCUT2D eigenvalue weighted by molar-refractivity contribution is -0.125. The summed E-state index contributed by atoms with van der Waals surface area (Å²) < 4.78 is 18.3. The van der Waals surface area contributed by atoms with Gasteiger partial charge in [0.05, 0.1) is 13.3 Å². The van der Waals surface area contributed by atoms with Crippen LogP contribution in [-0.4, -0.2) is 43.9 Å². The summed E-state index contributed by atoms with van der Waals surface area (Å²) in [5.74, 6) is 0.756. The van der Waals surface area contributed by atoms with Crippen LogP contribution in [0.2, 0.25) is 0 Å². The minimum absolute atomic E-state index is 0.117. The van der Waals surface area contributed by atoms with Crippen molar-refractivity contribution in [3.63, 3.8) is 0 Å². The van der Waals surface area contributed by atoms with Crippen molar-refractivity contribution in [2.75, 3.05) is 27.9 Å². The zero-order chi connectivity index (χ0) is 15.0. The highest BCUT2D eigenvalue weighted by atomic mass is 16.7. The Bertz CT molecular complexity index is 378. The summed E-state index contributed by atoms with van der Waals surface area (Å²) in [7, 11) is 4.94. The molecule has 0 amide bonds. The monoisotopic (exact) mass is 285 g/mol. The Kier molecular flexibility index (Phi) is 7.58. The zero-order valence-electron chi connectivity index (χ0n) is 13.2. The Balaban J connectivity index is 3.12. The first-order valence-electron chi connectivity index (χ1n) is 7.12. The molecule has 20 heavy (non-hydrogen) atoms. The van der Waals surface area contributed by atoms with Crippen LogP contribution < -0.4 is 10.1 Å². The number of ether oxygens (including phenoxy) is 3. The molecule has 0 aliphatic rings. The number of nitrogens with zero attached hydrogens (tertiary/aromatic N) is 2. The highest BCUT2D eigenvalue weighted by Crippen LogP contribution is 2.29. The molecule has 0 aliphatic carbocycles. The largest absolute Gasteiger partial charge is 0.493 e. The molecule has 0 saturated heterocycles. The van der Waals surface area contributed by atoms with Gasteiger partial charge in [-0.3, -0.25) is 4.68 Å². The van der Waals surface area contributed by atoms with Crippen molar-refractivity contribution < 1.29 is 14.2 Å². The van der Waals surface area contributed by atoms with E-state index in [-0.39, 0.29) is 12.3 Å². The summed E-state index contributed by atoms with van der Waals surface area (Å²) in [4.78, 5) is 0. The van der Waals surface area contributed by atoms with Gasteiger partial charge in [-0.1, -0.05) is 13.8 Å². The maximum Gasteiger partial charge on any atom is 0.177 e. The first-order chi connectivity index (χ1) is 9.73. The van der Waals surface area contributed by atoms with Gasteiger partial charge in [0.1, 0.15) is 11.7 Å². The summed E-state index contributed by atoms with van der Waals surface area (Å²) in [5.41, 5.74) is 0.969. The van der Waals surface area contributed by atoms with E-state index in [2.05, 4.69) is 24.3 Å². The SMILES string of the molecule is CCCNC(c1c(OC)cnn1CCC)C(OC)OC. The minimum Gasteiger partial charge on any atom is -0.493 e.